The smallest absolute Gasteiger partial charge is 0.127 e. The summed E-state index contributed by atoms with van der Waals surface area (Å²) >= 11 is 0. The second-order valence-electron chi connectivity index (χ2n) is 10.0. The number of benzene rings is 6. The van der Waals surface area contributed by atoms with Crippen LogP contribution in [0.1, 0.15) is 11.1 Å². The number of rotatable bonds is 6. The van der Waals surface area contributed by atoms with Gasteiger partial charge in [-0.05, 0) is 73.5 Å². The highest BCUT2D eigenvalue weighted by molar-refractivity contribution is 6.06. The minimum Gasteiger partial charge on any atom is -0.491 e. The molecule has 0 radical (unpaired) electrons. The third-order valence-electron chi connectivity index (χ3n) is 7.77. The van der Waals surface area contributed by atoms with Crippen molar-refractivity contribution < 1.29 is 9.84 Å². The van der Waals surface area contributed by atoms with E-state index in [1.165, 1.54) is 55.6 Å². The summed E-state index contributed by atoms with van der Waals surface area (Å²) < 4.78 is 5.92. The molecule has 0 aromatic heterocycles. The maximum absolute atomic E-state index is 9.35. The third kappa shape index (κ3) is 4.10. The Hall–Kier alpha value is -4.66. The first kappa shape index (κ1) is 23.5. The van der Waals surface area contributed by atoms with Crippen molar-refractivity contribution >= 4 is 10.8 Å². The van der Waals surface area contributed by atoms with Crippen LogP contribution in [0.25, 0.3) is 55.3 Å². The number of hydrogen-bond donors (Lipinski definition) is 1. The molecule has 188 valence electrons. The van der Waals surface area contributed by atoms with Crippen molar-refractivity contribution in [2.75, 3.05) is 13.2 Å². The van der Waals surface area contributed by atoms with Crippen molar-refractivity contribution in [3.05, 3.63) is 139 Å². The summed E-state index contributed by atoms with van der Waals surface area (Å²) in [5, 5.41) is 11.6. The number of aliphatic hydroxyl groups is 1. The zero-order valence-corrected chi connectivity index (χ0v) is 21.6. The fraction of sp³-hybridized carbons (Fsp3) is 0.0811. The van der Waals surface area contributed by atoms with Crippen LogP contribution in [-0.2, 0) is 6.42 Å². The van der Waals surface area contributed by atoms with Crippen molar-refractivity contribution in [1.82, 2.24) is 0 Å². The van der Waals surface area contributed by atoms with Crippen molar-refractivity contribution in [1.29, 1.82) is 0 Å². The summed E-state index contributed by atoms with van der Waals surface area (Å²) in [7, 11) is 0. The van der Waals surface area contributed by atoms with Gasteiger partial charge in [0.05, 0.1) is 6.61 Å². The Balaban J connectivity index is 1.45. The number of hydrogen-bond acceptors (Lipinski definition) is 2. The largest absolute Gasteiger partial charge is 0.491 e. The summed E-state index contributed by atoms with van der Waals surface area (Å²) in [5.41, 5.74) is 12.8. The molecule has 39 heavy (non-hydrogen) atoms. The minimum atomic E-state index is -0.0103. The predicted octanol–water partition coefficient (Wildman–Crippen LogP) is 8.78. The van der Waals surface area contributed by atoms with Crippen LogP contribution in [0.3, 0.4) is 0 Å². The Morgan fingerprint density at radius 1 is 0.538 bits per heavy atom. The minimum absolute atomic E-state index is 0.0103. The van der Waals surface area contributed by atoms with Crippen molar-refractivity contribution in [3.8, 4) is 50.3 Å². The van der Waals surface area contributed by atoms with Crippen LogP contribution >= 0.6 is 0 Å². The quantitative estimate of drug-likeness (QED) is 0.245. The SMILES string of the molecule is OCCOc1ccc(-c2c(-c3ccccc3)ccc3c2Cc2cc(-c4ccccc4)ccc2-3)c2ccccc12. The van der Waals surface area contributed by atoms with Gasteiger partial charge in [-0.25, -0.2) is 0 Å². The standard InChI is InChI=1S/C37H28O2/c38-21-22-39-36-20-19-34(31-13-7-8-14-33(31)36)37-30(26-11-5-2-6-12-26)17-18-32-29-16-15-27(23-28(29)24-35(32)37)25-9-3-1-4-10-25/h1-20,23,38H,21-22,24H2. The lowest BCUT2D eigenvalue weighted by molar-refractivity contribution is 0.203. The van der Waals surface area contributed by atoms with Gasteiger partial charge in [-0.3, -0.25) is 0 Å². The van der Waals surface area contributed by atoms with Gasteiger partial charge in [-0.2, -0.15) is 0 Å². The number of fused-ring (bicyclic) bond motifs is 4. The summed E-state index contributed by atoms with van der Waals surface area (Å²) in [6.07, 6.45) is 0.887. The molecule has 0 bridgehead atoms. The second kappa shape index (κ2) is 9.90. The molecule has 0 saturated carbocycles. The summed E-state index contributed by atoms with van der Waals surface area (Å²) in [6, 6.07) is 45.4. The van der Waals surface area contributed by atoms with Gasteiger partial charge in [0, 0.05) is 5.39 Å². The molecule has 0 unspecified atom stereocenters. The predicted molar refractivity (Wildman–Crippen MR) is 161 cm³/mol. The van der Waals surface area contributed by atoms with Gasteiger partial charge >= 0.3 is 0 Å². The first-order valence-electron chi connectivity index (χ1n) is 13.5. The van der Waals surface area contributed by atoms with Gasteiger partial charge in [0.15, 0.2) is 0 Å². The average Bonchev–Trinajstić information content (AvgIpc) is 3.38. The molecule has 6 aromatic rings. The Morgan fingerprint density at radius 3 is 1.95 bits per heavy atom. The van der Waals surface area contributed by atoms with Crippen molar-refractivity contribution in [2.45, 2.75) is 6.42 Å². The van der Waals surface area contributed by atoms with E-state index in [9.17, 15) is 5.11 Å². The molecule has 0 spiro atoms. The molecular formula is C37H28O2. The average molecular weight is 505 g/mol. The number of aliphatic hydroxyl groups excluding tert-OH is 1. The van der Waals surface area contributed by atoms with Crippen LogP contribution < -0.4 is 4.74 Å². The molecule has 0 amide bonds. The number of ether oxygens (including phenoxy) is 1. The molecule has 0 saturated heterocycles. The van der Waals surface area contributed by atoms with Gasteiger partial charge in [0.2, 0.25) is 0 Å². The van der Waals surface area contributed by atoms with E-state index in [0.29, 0.717) is 0 Å². The Kier molecular flexibility index (Phi) is 5.96. The first-order chi connectivity index (χ1) is 19.3. The van der Waals surface area contributed by atoms with Crippen LogP contribution in [0.4, 0.5) is 0 Å². The van der Waals surface area contributed by atoms with E-state index in [0.717, 1.165) is 22.9 Å². The van der Waals surface area contributed by atoms with Gasteiger partial charge in [0.25, 0.3) is 0 Å². The molecule has 6 aromatic carbocycles. The molecule has 2 heteroatoms. The summed E-state index contributed by atoms with van der Waals surface area (Å²) in [6.45, 7) is 0.266. The van der Waals surface area contributed by atoms with E-state index < -0.39 is 0 Å². The highest BCUT2D eigenvalue weighted by atomic mass is 16.5. The topological polar surface area (TPSA) is 29.5 Å². The van der Waals surface area contributed by atoms with Crippen molar-refractivity contribution in [3.63, 3.8) is 0 Å². The van der Waals surface area contributed by atoms with Crippen LogP contribution in [0.5, 0.6) is 5.75 Å². The van der Waals surface area contributed by atoms with Crippen LogP contribution in [0.15, 0.2) is 127 Å². The second-order valence-corrected chi connectivity index (χ2v) is 10.0. The molecule has 1 aliphatic carbocycles. The van der Waals surface area contributed by atoms with Crippen LogP contribution in [0, 0.1) is 0 Å². The zero-order chi connectivity index (χ0) is 26.2. The van der Waals surface area contributed by atoms with Crippen LogP contribution in [0.2, 0.25) is 0 Å². The molecule has 7 rings (SSSR count). The molecule has 0 aliphatic heterocycles. The zero-order valence-electron chi connectivity index (χ0n) is 21.6. The van der Waals surface area contributed by atoms with Gasteiger partial charge in [-0.1, -0.05) is 121 Å². The Morgan fingerprint density at radius 2 is 1.18 bits per heavy atom. The van der Waals surface area contributed by atoms with Gasteiger partial charge in [0.1, 0.15) is 12.4 Å². The summed E-state index contributed by atoms with van der Waals surface area (Å²) in [4.78, 5) is 0. The van der Waals surface area contributed by atoms with E-state index >= 15 is 0 Å². The Labute approximate surface area is 228 Å². The van der Waals surface area contributed by atoms with E-state index in [4.69, 9.17) is 4.74 Å². The normalized spacial score (nSPS) is 11.8. The van der Waals surface area contributed by atoms with E-state index in [-0.39, 0.29) is 13.2 Å². The molecule has 0 fully saturated rings. The fourth-order valence-electron chi connectivity index (χ4n) is 6.02. The highest BCUT2D eigenvalue weighted by Crippen LogP contribution is 2.48. The van der Waals surface area contributed by atoms with Crippen molar-refractivity contribution in [2.24, 2.45) is 0 Å². The molecule has 2 nitrogen and oxygen atoms in total. The molecular weight excluding hydrogens is 476 g/mol. The summed E-state index contributed by atoms with van der Waals surface area (Å²) in [5.74, 6) is 0.799. The Bertz CT molecular complexity index is 1800. The lowest BCUT2D eigenvalue weighted by atomic mass is 9.86. The first-order valence-corrected chi connectivity index (χ1v) is 13.5. The molecule has 1 N–H and O–H groups in total. The highest BCUT2D eigenvalue weighted by Gasteiger charge is 2.26. The van der Waals surface area contributed by atoms with E-state index in [1.807, 2.05) is 6.07 Å². The maximum atomic E-state index is 9.35. The van der Waals surface area contributed by atoms with Gasteiger partial charge < -0.3 is 9.84 Å². The molecule has 0 atom stereocenters. The van der Waals surface area contributed by atoms with Gasteiger partial charge in [-0.15, -0.1) is 0 Å². The fourth-order valence-corrected chi connectivity index (χ4v) is 6.02. The lowest BCUT2D eigenvalue weighted by Crippen LogP contribution is -2.02. The van der Waals surface area contributed by atoms with E-state index in [1.54, 1.807) is 0 Å². The lowest BCUT2D eigenvalue weighted by Gasteiger charge is -2.19. The molecule has 1 aliphatic rings. The monoisotopic (exact) mass is 504 g/mol. The molecule has 0 heterocycles. The van der Waals surface area contributed by atoms with E-state index in [2.05, 4.69) is 121 Å². The van der Waals surface area contributed by atoms with Crippen LogP contribution in [-0.4, -0.2) is 18.3 Å². The maximum Gasteiger partial charge on any atom is 0.127 e. The third-order valence-corrected chi connectivity index (χ3v) is 7.77.